The largest absolute Gasteiger partial charge is 0.350 e. The van der Waals surface area contributed by atoms with Gasteiger partial charge in [0.05, 0.1) is 6.21 Å². The highest BCUT2D eigenvalue weighted by Crippen LogP contribution is 2.16. The zero-order valence-corrected chi connectivity index (χ0v) is 16.5. The van der Waals surface area contributed by atoms with Crippen LogP contribution in [0, 0.1) is 5.82 Å². The maximum Gasteiger partial charge on any atom is 0.250 e. The Morgan fingerprint density at radius 2 is 1.39 bits per heavy atom. The van der Waals surface area contributed by atoms with Crippen molar-refractivity contribution in [3.63, 3.8) is 0 Å². The van der Waals surface area contributed by atoms with Crippen molar-refractivity contribution in [2.75, 3.05) is 16.1 Å². The van der Waals surface area contributed by atoms with E-state index in [0.29, 0.717) is 24.0 Å². The molecule has 0 aliphatic heterocycles. The zero-order chi connectivity index (χ0) is 21.3. The summed E-state index contributed by atoms with van der Waals surface area (Å²) < 4.78 is 13.8. The first-order valence-electron chi connectivity index (χ1n) is 9.66. The van der Waals surface area contributed by atoms with Gasteiger partial charge in [-0.2, -0.15) is 20.1 Å². The van der Waals surface area contributed by atoms with Gasteiger partial charge >= 0.3 is 0 Å². The van der Waals surface area contributed by atoms with E-state index in [0.717, 1.165) is 11.3 Å². The summed E-state index contributed by atoms with van der Waals surface area (Å²) in [4.78, 5) is 13.1. The monoisotopic (exact) mass is 413 g/mol. The average molecular weight is 413 g/mol. The van der Waals surface area contributed by atoms with Crippen LogP contribution in [0.1, 0.15) is 11.1 Å². The molecule has 154 valence electrons. The summed E-state index contributed by atoms with van der Waals surface area (Å²) in [7, 11) is 0. The van der Waals surface area contributed by atoms with Gasteiger partial charge in [-0.05, 0) is 23.8 Å². The normalized spacial score (nSPS) is 10.7. The van der Waals surface area contributed by atoms with E-state index in [1.54, 1.807) is 18.2 Å². The maximum atomic E-state index is 13.8. The van der Waals surface area contributed by atoms with Gasteiger partial charge in [-0.1, -0.05) is 66.7 Å². The summed E-state index contributed by atoms with van der Waals surface area (Å²) in [6.07, 6.45) is 1.38. The molecule has 4 aromatic rings. The van der Waals surface area contributed by atoms with Crippen LogP contribution in [0.15, 0.2) is 90.0 Å². The highest BCUT2D eigenvalue weighted by atomic mass is 19.1. The summed E-state index contributed by atoms with van der Waals surface area (Å²) in [5, 5.41) is 10.4. The summed E-state index contributed by atoms with van der Waals surface area (Å²) in [5.41, 5.74) is 5.03. The molecule has 0 radical (unpaired) electrons. The summed E-state index contributed by atoms with van der Waals surface area (Å²) in [6, 6.07) is 25.8. The quantitative estimate of drug-likeness (QED) is 0.284. The Bertz CT molecular complexity index is 1150. The van der Waals surface area contributed by atoms with E-state index in [-0.39, 0.29) is 11.8 Å². The fourth-order valence-corrected chi connectivity index (χ4v) is 2.73. The minimum Gasteiger partial charge on any atom is -0.350 e. The molecule has 0 fully saturated rings. The topological polar surface area (TPSA) is 87.1 Å². The first-order valence-corrected chi connectivity index (χ1v) is 9.66. The van der Waals surface area contributed by atoms with E-state index >= 15 is 0 Å². The maximum absolute atomic E-state index is 13.8. The molecule has 3 N–H and O–H groups in total. The molecule has 0 saturated carbocycles. The molecular weight excluding hydrogens is 393 g/mol. The Morgan fingerprint density at radius 3 is 2.16 bits per heavy atom. The van der Waals surface area contributed by atoms with E-state index in [2.05, 4.69) is 36.1 Å². The molecule has 0 aliphatic carbocycles. The third kappa shape index (κ3) is 5.83. The molecule has 4 rings (SSSR count). The van der Waals surface area contributed by atoms with E-state index in [9.17, 15) is 4.39 Å². The lowest BCUT2D eigenvalue weighted by molar-refractivity contribution is 0.626. The summed E-state index contributed by atoms with van der Waals surface area (Å²) in [6.45, 7) is 0.549. The van der Waals surface area contributed by atoms with E-state index in [4.69, 9.17) is 0 Å². The van der Waals surface area contributed by atoms with Gasteiger partial charge in [-0.15, -0.1) is 0 Å². The second-order valence-electron chi connectivity index (χ2n) is 6.53. The zero-order valence-electron chi connectivity index (χ0n) is 16.5. The average Bonchev–Trinajstić information content (AvgIpc) is 2.80. The molecule has 8 heteroatoms. The van der Waals surface area contributed by atoms with E-state index in [1.807, 2.05) is 60.7 Å². The van der Waals surface area contributed by atoms with Crippen molar-refractivity contribution in [1.29, 1.82) is 0 Å². The molecule has 0 amide bonds. The molecule has 0 atom stereocenters. The smallest absolute Gasteiger partial charge is 0.250 e. The van der Waals surface area contributed by atoms with Gasteiger partial charge in [0.25, 0.3) is 0 Å². The Morgan fingerprint density at radius 1 is 0.742 bits per heavy atom. The second-order valence-corrected chi connectivity index (χ2v) is 6.53. The van der Waals surface area contributed by atoms with Crippen LogP contribution in [0.4, 0.5) is 27.9 Å². The van der Waals surface area contributed by atoms with E-state index in [1.165, 1.54) is 12.3 Å². The molecule has 3 aromatic carbocycles. The fraction of sp³-hybridized carbons (Fsp3) is 0.0435. The highest BCUT2D eigenvalue weighted by Gasteiger charge is 2.07. The van der Waals surface area contributed by atoms with E-state index < -0.39 is 0 Å². The standard InChI is InChI=1S/C23H20FN7/c24-20-14-8-7-11-18(20)16-26-31-23-29-21(25-15-17-9-3-1-4-10-17)28-22(30-23)27-19-12-5-2-6-13-19/h1-14,16H,15H2,(H3,25,27,28,29,30,31)/b26-16-. The van der Waals surface area contributed by atoms with Crippen molar-refractivity contribution in [3.8, 4) is 0 Å². The molecule has 0 spiro atoms. The number of halogens is 1. The number of benzene rings is 3. The number of rotatable bonds is 8. The molecule has 0 saturated heterocycles. The molecule has 0 unspecified atom stereocenters. The lowest BCUT2D eigenvalue weighted by atomic mass is 10.2. The van der Waals surface area contributed by atoms with Crippen molar-refractivity contribution in [1.82, 2.24) is 15.0 Å². The second kappa shape index (κ2) is 9.93. The minimum absolute atomic E-state index is 0.219. The van der Waals surface area contributed by atoms with Gasteiger partial charge in [0.1, 0.15) is 5.82 Å². The Hall–Kier alpha value is -4.33. The third-order valence-electron chi connectivity index (χ3n) is 4.23. The number of nitrogens with zero attached hydrogens (tertiary/aromatic N) is 4. The highest BCUT2D eigenvalue weighted by molar-refractivity contribution is 5.80. The van der Waals surface area contributed by atoms with Crippen molar-refractivity contribution >= 4 is 29.7 Å². The lowest BCUT2D eigenvalue weighted by Gasteiger charge is -2.10. The predicted molar refractivity (Wildman–Crippen MR) is 121 cm³/mol. The van der Waals surface area contributed by atoms with Crippen molar-refractivity contribution < 1.29 is 4.39 Å². The van der Waals surface area contributed by atoms with Crippen LogP contribution in [-0.2, 0) is 6.54 Å². The molecule has 1 aromatic heterocycles. The third-order valence-corrected chi connectivity index (χ3v) is 4.23. The van der Waals surface area contributed by atoms with Gasteiger partial charge in [-0.25, -0.2) is 9.82 Å². The van der Waals surface area contributed by atoms with Gasteiger partial charge < -0.3 is 10.6 Å². The van der Waals surface area contributed by atoms with Crippen LogP contribution in [0.3, 0.4) is 0 Å². The van der Waals surface area contributed by atoms with Crippen LogP contribution in [-0.4, -0.2) is 21.2 Å². The molecule has 0 bridgehead atoms. The van der Waals surface area contributed by atoms with Crippen molar-refractivity contribution in [2.45, 2.75) is 6.54 Å². The number of hydrazone groups is 1. The number of hydrogen-bond acceptors (Lipinski definition) is 7. The van der Waals surface area contributed by atoms with Crippen LogP contribution in [0.5, 0.6) is 0 Å². The number of hydrogen-bond donors (Lipinski definition) is 3. The Balaban J connectivity index is 1.53. The van der Waals surface area contributed by atoms with Gasteiger partial charge in [0.2, 0.25) is 17.8 Å². The van der Waals surface area contributed by atoms with Crippen molar-refractivity contribution in [2.24, 2.45) is 5.10 Å². The molecule has 1 heterocycles. The molecule has 31 heavy (non-hydrogen) atoms. The number of aromatic nitrogens is 3. The van der Waals surface area contributed by atoms with Gasteiger partial charge in [0.15, 0.2) is 0 Å². The van der Waals surface area contributed by atoms with Crippen molar-refractivity contribution in [3.05, 3.63) is 102 Å². The number of para-hydroxylation sites is 1. The number of nitrogens with one attached hydrogen (secondary N) is 3. The first kappa shape index (κ1) is 20.0. The van der Waals surface area contributed by atoms with Crippen LogP contribution in [0.25, 0.3) is 0 Å². The minimum atomic E-state index is -0.361. The summed E-state index contributed by atoms with van der Waals surface area (Å²) >= 11 is 0. The first-order chi connectivity index (χ1) is 15.3. The van der Waals surface area contributed by atoms with Crippen LogP contribution in [0.2, 0.25) is 0 Å². The fourth-order valence-electron chi connectivity index (χ4n) is 2.73. The Labute approximate surface area is 179 Å². The van der Waals surface area contributed by atoms with Gasteiger partial charge in [0, 0.05) is 17.8 Å². The Kier molecular flexibility index (Phi) is 6.39. The number of anilines is 4. The predicted octanol–water partition coefficient (Wildman–Crippen LogP) is 4.81. The lowest BCUT2D eigenvalue weighted by Crippen LogP contribution is -2.09. The molecule has 7 nitrogen and oxygen atoms in total. The molecular formula is C23H20FN7. The van der Waals surface area contributed by atoms with Crippen LogP contribution >= 0.6 is 0 Å². The van der Waals surface area contributed by atoms with Gasteiger partial charge in [-0.3, -0.25) is 0 Å². The summed E-state index contributed by atoms with van der Waals surface area (Å²) in [5.74, 6) is 0.582. The molecule has 0 aliphatic rings. The SMILES string of the molecule is Fc1ccccc1/C=N\Nc1nc(NCc2ccccc2)nc(Nc2ccccc2)n1. The van der Waals surface area contributed by atoms with Crippen LogP contribution < -0.4 is 16.1 Å².